The van der Waals surface area contributed by atoms with Crippen molar-refractivity contribution in [3.05, 3.63) is 52.1 Å². The van der Waals surface area contributed by atoms with Gasteiger partial charge in [-0.1, -0.05) is 56.9 Å². The lowest BCUT2D eigenvalue weighted by Gasteiger charge is -2.22. The Morgan fingerprint density at radius 2 is 1.79 bits per heavy atom. The Balaban J connectivity index is 1.67. The van der Waals surface area contributed by atoms with Crippen LogP contribution in [0.1, 0.15) is 96.0 Å². The van der Waals surface area contributed by atoms with Crippen molar-refractivity contribution in [2.45, 2.75) is 109 Å². The summed E-state index contributed by atoms with van der Waals surface area (Å²) in [7, 11) is 0. The average molecular weight is 534 g/mol. The highest BCUT2D eigenvalue weighted by Crippen LogP contribution is 2.38. The predicted molar refractivity (Wildman–Crippen MR) is 143 cm³/mol. The fourth-order valence-electron chi connectivity index (χ4n) is 5.03. The fraction of sp³-hybridized carbons (Fsp3) is 0.655. The van der Waals surface area contributed by atoms with Gasteiger partial charge in [-0.15, -0.1) is 10.1 Å². The van der Waals surface area contributed by atoms with Crippen molar-refractivity contribution >= 4 is 11.8 Å². The van der Waals surface area contributed by atoms with Gasteiger partial charge in [0, 0.05) is 19.3 Å². The van der Waals surface area contributed by atoms with Crippen molar-refractivity contribution in [2.75, 3.05) is 0 Å². The molecule has 1 saturated carbocycles. The number of rotatable bonds is 19. The third-order valence-electron chi connectivity index (χ3n) is 7.13. The van der Waals surface area contributed by atoms with Gasteiger partial charge >= 0.3 is 5.97 Å². The first kappa shape index (κ1) is 31.4. The van der Waals surface area contributed by atoms with Crippen LogP contribution < -0.4 is 4.74 Å². The molecule has 1 aliphatic carbocycles. The molecule has 4 atom stereocenters. The molecule has 0 saturated heterocycles. The van der Waals surface area contributed by atoms with E-state index in [0.29, 0.717) is 56.3 Å². The average Bonchev–Trinajstić information content (AvgIpc) is 3.15. The van der Waals surface area contributed by atoms with Crippen LogP contribution in [-0.4, -0.2) is 39.3 Å². The molecule has 0 bridgehead atoms. The topological polar surface area (TPSA) is 136 Å². The Morgan fingerprint density at radius 1 is 1.03 bits per heavy atom. The Kier molecular flexibility index (Phi) is 14.6. The highest BCUT2D eigenvalue weighted by Gasteiger charge is 2.40. The van der Waals surface area contributed by atoms with Crippen LogP contribution >= 0.6 is 0 Å². The minimum Gasteiger partial charge on any atom is -0.427 e. The van der Waals surface area contributed by atoms with Crippen LogP contribution in [0.4, 0.5) is 0 Å². The summed E-state index contributed by atoms with van der Waals surface area (Å²) in [6.45, 7) is 1.95. The van der Waals surface area contributed by atoms with Gasteiger partial charge in [-0.05, 0) is 68.1 Å². The molecule has 9 heteroatoms. The predicted octanol–water partition coefficient (Wildman–Crippen LogP) is 5.48. The maximum absolute atomic E-state index is 12.3. The van der Waals surface area contributed by atoms with E-state index in [0.717, 1.165) is 12.8 Å². The van der Waals surface area contributed by atoms with Crippen LogP contribution in [0, 0.1) is 22.0 Å². The van der Waals surface area contributed by atoms with E-state index < -0.39 is 23.3 Å². The summed E-state index contributed by atoms with van der Waals surface area (Å²) < 4.78 is 5.30. The standard InChI is InChI=1S/C29H43NO8/c1-2-3-4-5-8-13-23(31)17-18-26-25(27(32)20-28(26)33)15-9-6-7-10-16-29(34)38-24-14-11-12-22(19-24)21-37-30(35)36/h6,9,11-12,14,19,25-28,32-33H,2-5,7-8,10,13,15-18,20-21H2,1H3/t25-,26-,27+,28-/m1/s1. The maximum Gasteiger partial charge on any atom is 0.311 e. The van der Waals surface area contributed by atoms with Crippen LogP contribution in [0.3, 0.4) is 0 Å². The summed E-state index contributed by atoms with van der Waals surface area (Å²) in [6.07, 6.45) is 12.5. The number of benzene rings is 1. The van der Waals surface area contributed by atoms with Gasteiger partial charge < -0.3 is 19.8 Å². The van der Waals surface area contributed by atoms with Crippen LogP contribution in [0.25, 0.3) is 0 Å². The number of aliphatic hydroxyl groups excluding tert-OH is 2. The minimum atomic E-state index is -0.875. The number of Topliss-reactive ketones (excluding diaryl/α,β-unsaturated/α-hetero) is 1. The molecule has 2 rings (SSSR count). The molecule has 212 valence electrons. The Bertz CT molecular complexity index is 902. The number of aliphatic hydroxyl groups is 2. The van der Waals surface area contributed by atoms with E-state index in [2.05, 4.69) is 11.8 Å². The smallest absolute Gasteiger partial charge is 0.311 e. The molecule has 0 aromatic heterocycles. The molecule has 2 N–H and O–H groups in total. The van der Waals surface area contributed by atoms with E-state index in [9.17, 15) is 29.9 Å². The first-order chi connectivity index (χ1) is 18.3. The Morgan fingerprint density at radius 3 is 2.55 bits per heavy atom. The largest absolute Gasteiger partial charge is 0.427 e. The third kappa shape index (κ3) is 12.2. The number of ketones is 1. The number of allylic oxidation sites excluding steroid dienone is 2. The summed E-state index contributed by atoms with van der Waals surface area (Å²) in [4.78, 5) is 39.0. The van der Waals surface area contributed by atoms with E-state index in [1.807, 2.05) is 12.2 Å². The van der Waals surface area contributed by atoms with E-state index in [1.54, 1.807) is 18.2 Å². The van der Waals surface area contributed by atoms with Crippen molar-refractivity contribution in [1.82, 2.24) is 0 Å². The number of hydrogen-bond donors (Lipinski definition) is 2. The molecular formula is C29H43NO8. The minimum absolute atomic E-state index is 0.0740. The lowest BCUT2D eigenvalue weighted by atomic mass is 9.86. The zero-order chi connectivity index (χ0) is 27.8. The summed E-state index contributed by atoms with van der Waals surface area (Å²) >= 11 is 0. The van der Waals surface area contributed by atoms with Gasteiger partial charge in [-0.2, -0.15) is 0 Å². The van der Waals surface area contributed by atoms with Gasteiger partial charge in [0.1, 0.15) is 18.1 Å². The lowest BCUT2D eigenvalue weighted by molar-refractivity contribution is -0.763. The molecule has 1 aliphatic rings. The highest BCUT2D eigenvalue weighted by atomic mass is 16.9. The van der Waals surface area contributed by atoms with Crippen molar-refractivity contribution in [1.29, 1.82) is 0 Å². The second-order valence-corrected chi connectivity index (χ2v) is 10.2. The fourth-order valence-corrected chi connectivity index (χ4v) is 5.03. The molecule has 1 fully saturated rings. The molecule has 9 nitrogen and oxygen atoms in total. The molecule has 0 heterocycles. The van der Waals surface area contributed by atoms with E-state index in [1.165, 1.54) is 25.3 Å². The number of esters is 1. The summed E-state index contributed by atoms with van der Waals surface area (Å²) in [5.41, 5.74) is 0.527. The van der Waals surface area contributed by atoms with E-state index in [-0.39, 0.29) is 30.6 Å². The molecule has 0 spiro atoms. The molecule has 0 aliphatic heterocycles. The Hall–Kier alpha value is -2.78. The van der Waals surface area contributed by atoms with Gasteiger partial charge in [0.15, 0.2) is 0 Å². The second-order valence-electron chi connectivity index (χ2n) is 10.2. The number of hydrogen-bond acceptors (Lipinski definition) is 8. The molecule has 0 unspecified atom stereocenters. The molecule has 38 heavy (non-hydrogen) atoms. The van der Waals surface area contributed by atoms with E-state index in [4.69, 9.17) is 4.74 Å². The summed E-state index contributed by atoms with van der Waals surface area (Å²) in [5, 5.41) is 30.3. The van der Waals surface area contributed by atoms with Gasteiger partial charge in [0.2, 0.25) is 0 Å². The normalized spacial score (nSPS) is 21.0. The zero-order valence-electron chi connectivity index (χ0n) is 22.5. The number of carbonyl (C=O) groups is 2. The maximum atomic E-state index is 12.3. The van der Waals surface area contributed by atoms with Gasteiger partial charge in [0.25, 0.3) is 5.09 Å². The van der Waals surface area contributed by atoms with Gasteiger partial charge in [-0.25, -0.2) is 0 Å². The molecule has 0 amide bonds. The lowest BCUT2D eigenvalue weighted by Crippen LogP contribution is -2.22. The molecule has 1 aromatic carbocycles. The first-order valence-corrected chi connectivity index (χ1v) is 13.9. The SMILES string of the molecule is CCCCCCCC(=O)CC[C@@H]1[C@@H](CC=CCCCC(=O)Oc2cccc(CO[N+](=O)[O-])c2)[C@@H](O)C[C@H]1O. The number of unbranched alkanes of at least 4 members (excludes halogenated alkanes) is 5. The van der Waals surface area contributed by atoms with Crippen LogP contribution in [0.2, 0.25) is 0 Å². The highest BCUT2D eigenvalue weighted by molar-refractivity contribution is 5.78. The van der Waals surface area contributed by atoms with E-state index >= 15 is 0 Å². The van der Waals surface area contributed by atoms with Crippen molar-refractivity contribution in [3.63, 3.8) is 0 Å². The number of nitrogens with zero attached hydrogens (tertiary/aromatic N) is 1. The molecular weight excluding hydrogens is 490 g/mol. The summed E-state index contributed by atoms with van der Waals surface area (Å²) in [5.74, 6) is 0.00294. The quantitative estimate of drug-likeness (QED) is 0.0595. The van der Waals surface area contributed by atoms with Crippen LogP contribution in [0.5, 0.6) is 5.75 Å². The van der Waals surface area contributed by atoms with Crippen molar-refractivity contribution in [3.8, 4) is 5.75 Å². The van der Waals surface area contributed by atoms with Crippen molar-refractivity contribution < 1.29 is 34.5 Å². The third-order valence-corrected chi connectivity index (χ3v) is 7.13. The molecule has 0 radical (unpaired) electrons. The van der Waals surface area contributed by atoms with Gasteiger partial charge in [0.05, 0.1) is 12.2 Å². The monoisotopic (exact) mass is 533 g/mol. The van der Waals surface area contributed by atoms with Crippen LogP contribution in [-0.2, 0) is 21.0 Å². The first-order valence-electron chi connectivity index (χ1n) is 13.9. The zero-order valence-corrected chi connectivity index (χ0v) is 22.5. The second kappa shape index (κ2) is 17.7. The van der Waals surface area contributed by atoms with Gasteiger partial charge in [-0.3, -0.25) is 9.59 Å². The van der Waals surface area contributed by atoms with Crippen LogP contribution in [0.15, 0.2) is 36.4 Å². The summed E-state index contributed by atoms with van der Waals surface area (Å²) in [6, 6.07) is 6.41. The molecule has 1 aromatic rings. The number of ether oxygens (including phenoxy) is 1. The Labute approximate surface area is 225 Å². The number of carbonyl (C=O) groups excluding carboxylic acids is 2. The van der Waals surface area contributed by atoms with Crippen molar-refractivity contribution in [2.24, 2.45) is 11.8 Å².